The zero-order valence-corrected chi connectivity index (χ0v) is 8.32. The molecule has 0 aromatic carbocycles. The molecule has 0 aromatic rings. The van der Waals surface area contributed by atoms with Crippen LogP contribution in [-0.4, -0.2) is 27.7 Å². The number of nitrogens with two attached hydrogens (primary N) is 1. The second-order valence-corrected chi connectivity index (χ2v) is 3.39. The summed E-state index contributed by atoms with van der Waals surface area (Å²) in [7, 11) is 0. The zero-order chi connectivity index (χ0) is 11.2. The van der Waals surface area contributed by atoms with E-state index in [0.29, 0.717) is 6.42 Å². The lowest BCUT2D eigenvalue weighted by molar-refractivity contribution is -0.157. The molecule has 0 aromatic heterocycles. The van der Waals surface area contributed by atoms with Gasteiger partial charge in [-0.15, -0.1) is 0 Å². The number of rotatable bonds is 7. The Morgan fingerprint density at radius 2 is 1.64 bits per heavy atom. The number of carbonyl (C=O) groups is 2. The highest BCUT2D eigenvalue weighted by atomic mass is 16.4. The first-order chi connectivity index (χ1) is 6.45. The van der Waals surface area contributed by atoms with E-state index in [1.54, 1.807) is 0 Å². The van der Waals surface area contributed by atoms with Crippen LogP contribution in [0.15, 0.2) is 0 Å². The van der Waals surface area contributed by atoms with Gasteiger partial charge in [-0.2, -0.15) is 0 Å². The van der Waals surface area contributed by atoms with E-state index in [0.717, 1.165) is 19.3 Å². The fourth-order valence-corrected chi connectivity index (χ4v) is 1.14. The molecule has 0 spiro atoms. The van der Waals surface area contributed by atoms with E-state index < -0.39 is 17.5 Å². The molecule has 0 aliphatic rings. The largest absolute Gasteiger partial charge is 0.479 e. The van der Waals surface area contributed by atoms with Gasteiger partial charge in [0.15, 0.2) is 0 Å². The highest BCUT2D eigenvalue weighted by Gasteiger charge is 2.41. The third-order valence-corrected chi connectivity index (χ3v) is 2.19. The third kappa shape index (κ3) is 3.33. The Balaban J connectivity index is 4.12. The summed E-state index contributed by atoms with van der Waals surface area (Å²) < 4.78 is 0. The van der Waals surface area contributed by atoms with Gasteiger partial charge in [-0.3, -0.25) is 0 Å². The molecule has 82 valence electrons. The lowest BCUT2D eigenvalue weighted by Gasteiger charge is -2.18. The topological polar surface area (TPSA) is 101 Å². The number of hydrogen-bond acceptors (Lipinski definition) is 3. The van der Waals surface area contributed by atoms with Crippen LogP contribution in [0.25, 0.3) is 0 Å². The number of aliphatic carboxylic acids is 2. The second-order valence-electron chi connectivity index (χ2n) is 3.39. The van der Waals surface area contributed by atoms with Gasteiger partial charge in [-0.05, 0) is 6.42 Å². The molecule has 0 aliphatic carbocycles. The first-order valence-corrected chi connectivity index (χ1v) is 4.70. The van der Waals surface area contributed by atoms with Crippen molar-refractivity contribution in [3.8, 4) is 0 Å². The van der Waals surface area contributed by atoms with Crippen LogP contribution < -0.4 is 5.73 Å². The summed E-state index contributed by atoms with van der Waals surface area (Å²) in [5.41, 5.74) is 3.15. The van der Waals surface area contributed by atoms with E-state index in [9.17, 15) is 9.59 Å². The Labute approximate surface area is 82.9 Å². The Bertz CT molecular complexity index is 201. The smallest absolute Gasteiger partial charge is 0.335 e. The first kappa shape index (κ1) is 12.9. The average molecular weight is 203 g/mol. The van der Waals surface area contributed by atoms with E-state index in [-0.39, 0.29) is 6.42 Å². The number of unbranched alkanes of at least 4 members (excludes halogenated alkanes) is 3. The fraction of sp³-hybridized carbons (Fsp3) is 0.778. The van der Waals surface area contributed by atoms with Crippen LogP contribution in [0.3, 0.4) is 0 Å². The van der Waals surface area contributed by atoms with Crippen LogP contribution in [0.4, 0.5) is 0 Å². The van der Waals surface area contributed by atoms with Crippen molar-refractivity contribution in [2.75, 3.05) is 0 Å². The minimum absolute atomic E-state index is 0.0162. The molecule has 0 rings (SSSR count). The summed E-state index contributed by atoms with van der Waals surface area (Å²) in [5, 5.41) is 17.3. The maximum Gasteiger partial charge on any atom is 0.335 e. The van der Waals surface area contributed by atoms with Gasteiger partial charge in [-0.25, -0.2) is 9.59 Å². The molecule has 0 fully saturated rings. The molecule has 0 saturated carbocycles. The molecule has 0 heterocycles. The molecule has 0 saturated heterocycles. The molecule has 0 amide bonds. The quantitative estimate of drug-likeness (QED) is 0.420. The van der Waals surface area contributed by atoms with Crippen molar-refractivity contribution in [2.45, 2.75) is 44.6 Å². The molecular formula is C9H17NO4. The van der Waals surface area contributed by atoms with Gasteiger partial charge in [-0.1, -0.05) is 32.6 Å². The summed E-state index contributed by atoms with van der Waals surface area (Å²) in [6.45, 7) is 2.02. The highest BCUT2D eigenvalue weighted by Crippen LogP contribution is 2.14. The number of carboxylic acids is 2. The average Bonchev–Trinajstić information content (AvgIpc) is 2.11. The summed E-state index contributed by atoms with van der Waals surface area (Å²) >= 11 is 0. The molecule has 4 N–H and O–H groups in total. The summed E-state index contributed by atoms with van der Waals surface area (Å²) in [5.74, 6) is -2.94. The molecule has 0 bridgehead atoms. The predicted octanol–water partition coefficient (Wildman–Crippen LogP) is 0.823. The molecule has 14 heavy (non-hydrogen) atoms. The van der Waals surface area contributed by atoms with Crippen LogP contribution in [0.5, 0.6) is 0 Å². The van der Waals surface area contributed by atoms with Crippen LogP contribution in [0.1, 0.15) is 39.0 Å². The zero-order valence-electron chi connectivity index (χ0n) is 8.32. The van der Waals surface area contributed by atoms with Crippen LogP contribution in [0.2, 0.25) is 0 Å². The number of carboxylic acid groups (broad SMARTS) is 2. The van der Waals surface area contributed by atoms with Gasteiger partial charge < -0.3 is 15.9 Å². The van der Waals surface area contributed by atoms with Crippen molar-refractivity contribution >= 4 is 11.9 Å². The van der Waals surface area contributed by atoms with Crippen molar-refractivity contribution in [1.82, 2.24) is 0 Å². The molecule has 0 atom stereocenters. The molecule has 0 radical (unpaired) electrons. The summed E-state index contributed by atoms with van der Waals surface area (Å²) in [6, 6.07) is 0. The Morgan fingerprint density at radius 1 is 1.14 bits per heavy atom. The van der Waals surface area contributed by atoms with Crippen LogP contribution in [0, 0.1) is 0 Å². The Hall–Kier alpha value is -1.10. The SMILES string of the molecule is CCCCCCC(N)(C(=O)O)C(=O)O. The van der Waals surface area contributed by atoms with Gasteiger partial charge in [0.1, 0.15) is 0 Å². The molecule has 0 unspecified atom stereocenters. The van der Waals surface area contributed by atoms with Gasteiger partial charge in [0, 0.05) is 0 Å². The first-order valence-electron chi connectivity index (χ1n) is 4.70. The summed E-state index contributed by atoms with van der Waals surface area (Å²) in [6.07, 6.45) is 3.31. The van der Waals surface area contributed by atoms with Crippen LogP contribution >= 0.6 is 0 Å². The molecule has 5 heteroatoms. The Morgan fingerprint density at radius 3 is 2.00 bits per heavy atom. The molecular weight excluding hydrogens is 186 g/mol. The van der Waals surface area contributed by atoms with E-state index >= 15 is 0 Å². The Kier molecular flexibility index (Phi) is 5.15. The second kappa shape index (κ2) is 5.59. The lowest BCUT2D eigenvalue weighted by Crippen LogP contribution is -2.54. The molecule has 5 nitrogen and oxygen atoms in total. The predicted molar refractivity (Wildman–Crippen MR) is 50.9 cm³/mol. The van der Waals surface area contributed by atoms with E-state index in [4.69, 9.17) is 15.9 Å². The standard InChI is InChI=1S/C9H17NO4/c1-2-3-4-5-6-9(10,7(11)12)8(13)14/h2-6,10H2,1H3,(H,11,12)(H,13,14). The summed E-state index contributed by atoms with van der Waals surface area (Å²) in [4.78, 5) is 21.2. The van der Waals surface area contributed by atoms with Gasteiger partial charge in [0.05, 0.1) is 0 Å². The maximum absolute atomic E-state index is 10.6. The van der Waals surface area contributed by atoms with E-state index in [2.05, 4.69) is 0 Å². The van der Waals surface area contributed by atoms with Gasteiger partial charge >= 0.3 is 11.9 Å². The van der Waals surface area contributed by atoms with Crippen molar-refractivity contribution in [3.63, 3.8) is 0 Å². The van der Waals surface area contributed by atoms with E-state index in [1.165, 1.54) is 0 Å². The number of hydrogen-bond donors (Lipinski definition) is 3. The van der Waals surface area contributed by atoms with E-state index in [1.807, 2.05) is 6.92 Å². The normalized spacial score (nSPS) is 11.3. The third-order valence-electron chi connectivity index (χ3n) is 2.19. The van der Waals surface area contributed by atoms with Crippen LogP contribution in [-0.2, 0) is 9.59 Å². The van der Waals surface area contributed by atoms with Crippen molar-refractivity contribution < 1.29 is 19.8 Å². The monoisotopic (exact) mass is 203 g/mol. The molecule has 0 aliphatic heterocycles. The van der Waals surface area contributed by atoms with Gasteiger partial charge in [0.2, 0.25) is 5.54 Å². The minimum atomic E-state index is -2.12. The van der Waals surface area contributed by atoms with Gasteiger partial charge in [0.25, 0.3) is 0 Å². The highest BCUT2D eigenvalue weighted by molar-refractivity contribution is 6.02. The lowest BCUT2D eigenvalue weighted by atomic mass is 9.93. The fourth-order valence-electron chi connectivity index (χ4n) is 1.14. The van der Waals surface area contributed by atoms with Crippen molar-refractivity contribution in [3.05, 3.63) is 0 Å². The van der Waals surface area contributed by atoms with Crippen molar-refractivity contribution in [2.24, 2.45) is 5.73 Å². The maximum atomic E-state index is 10.6. The van der Waals surface area contributed by atoms with Crippen molar-refractivity contribution in [1.29, 1.82) is 0 Å². The minimum Gasteiger partial charge on any atom is -0.479 e.